The largest absolute Gasteiger partial charge is 0.368 e. The zero-order valence-corrected chi connectivity index (χ0v) is 4.33. The molecule has 0 aromatic rings. The Labute approximate surface area is 48.1 Å². The van der Waals surface area contributed by atoms with Gasteiger partial charge in [-0.3, -0.25) is 0 Å². The molecule has 0 radical (unpaired) electrons. The Morgan fingerprint density at radius 2 is 2.00 bits per heavy atom. The fourth-order valence-electron chi connectivity index (χ4n) is 0.524. The highest BCUT2D eigenvalue weighted by atomic mass is 14.8. The van der Waals surface area contributed by atoms with Gasteiger partial charge in [0.1, 0.15) is 0 Å². The van der Waals surface area contributed by atoms with E-state index in [9.17, 15) is 0 Å². The van der Waals surface area contributed by atoms with Gasteiger partial charge in [0.05, 0.1) is 12.0 Å². The summed E-state index contributed by atoms with van der Waals surface area (Å²) in [4.78, 5) is 0. The molecule has 0 fully saturated rings. The lowest BCUT2D eigenvalue weighted by Gasteiger charge is -1.99. The number of nitrogens with zero attached hydrogens (tertiary/aromatic N) is 1. The summed E-state index contributed by atoms with van der Waals surface area (Å²) in [6.45, 7) is 0. The second-order valence-electron chi connectivity index (χ2n) is 1.54. The van der Waals surface area contributed by atoms with Crippen molar-refractivity contribution in [1.29, 1.82) is 5.26 Å². The van der Waals surface area contributed by atoms with Crippen LogP contribution in [0.1, 0.15) is 0 Å². The lowest BCUT2D eigenvalue weighted by atomic mass is 10.1. The molecule has 0 amide bonds. The molecule has 1 aliphatic rings. The highest BCUT2D eigenvalue weighted by molar-refractivity contribution is 5.14. The third-order valence-electron chi connectivity index (χ3n) is 0.949. The number of hydrogen-bond donors (Lipinski definition) is 1. The van der Waals surface area contributed by atoms with E-state index < -0.39 is 0 Å². The molecular weight excluding hydrogens is 100 g/mol. The van der Waals surface area contributed by atoms with E-state index in [0.29, 0.717) is 0 Å². The third-order valence-corrected chi connectivity index (χ3v) is 0.949. The molecule has 8 heavy (non-hydrogen) atoms. The quantitative estimate of drug-likeness (QED) is 0.494. The van der Waals surface area contributed by atoms with Crippen molar-refractivity contribution in [2.45, 2.75) is 0 Å². The number of allylic oxidation sites excluding steroid dienone is 2. The van der Waals surface area contributed by atoms with Gasteiger partial charge >= 0.3 is 0 Å². The average Bonchev–Trinajstić information content (AvgIpc) is 1.90. The van der Waals surface area contributed by atoms with E-state index in [0.717, 1.165) is 0 Å². The Hall–Kier alpha value is -1.23. The van der Waals surface area contributed by atoms with Gasteiger partial charge in [0.25, 0.3) is 0 Å². The molecule has 1 N–H and O–H groups in total. The van der Waals surface area contributed by atoms with E-state index in [1.165, 1.54) is 0 Å². The molecule has 0 atom stereocenters. The summed E-state index contributed by atoms with van der Waals surface area (Å²) >= 11 is 0. The highest BCUT2D eigenvalue weighted by Gasteiger charge is 1.96. The molecule has 0 aromatic heterocycles. The summed E-state index contributed by atoms with van der Waals surface area (Å²) in [6.07, 6.45) is 7.13. The topological polar surface area (TPSA) is 35.8 Å². The molecule has 0 unspecified atom stereocenters. The predicted octanol–water partition coefficient (Wildman–Crippen LogP) is 0.757. The molecule has 1 heterocycles. The smallest absolute Gasteiger partial charge is 0.0858 e. The second-order valence-corrected chi connectivity index (χ2v) is 1.54. The maximum absolute atomic E-state index is 8.31. The van der Waals surface area contributed by atoms with Gasteiger partial charge in [0, 0.05) is 0 Å². The van der Waals surface area contributed by atoms with Crippen molar-refractivity contribution < 1.29 is 0 Å². The number of nitrogens with one attached hydrogen (secondary N) is 1. The van der Waals surface area contributed by atoms with Crippen molar-refractivity contribution in [3.8, 4) is 6.07 Å². The van der Waals surface area contributed by atoms with Crippen LogP contribution in [0.4, 0.5) is 0 Å². The lowest BCUT2D eigenvalue weighted by Crippen LogP contribution is -2.01. The molecule has 0 saturated carbocycles. The highest BCUT2D eigenvalue weighted by Crippen LogP contribution is 2.00. The molecule has 2 heteroatoms. The van der Waals surface area contributed by atoms with Crippen molar-refractivity contribution in [3.05, 3.63) is 24.6 Å². The fraction of sp³-hybridized carbons (Fsp3) is 0.167. The third kappa shape index (κ3) is 0.881. The first kappa shape index (κ1) is 4.92. The summed E-state index contributed by atoms with van der Waals surface area (Å²) in [5.74, 6) is -0.0313. The standard InChI is InChI=1S/C6H6N2/c7-5-6-1-3-8-4-2-6/h1-4,6,8H. The number of hydrogen-bond acceptors (Lipinski definition) is 2. The van der Waals surface area contributed by atoms with Crippen LogP contribution < -0.4 is 5.32 Å². The zero-order chi connectivity index (χ0) is 5.82. The van der Waals surface area contributed by atoms with Crippen LogP contribution in [0.25, 0.3) is 0 Å². The summed E-state index contributed by atoms with van der Waals surface area (Å²) < 4.78 is 0. The maximum atomic E-state index is 8.31. The van der Waals surface area contributed by atoms with Crippen LogP contribution in [0, 0.1) is 17.2 Å². The summed E-state index contributed by atoms with van der Waals surface area (Å²) in [5.41, 5.74) is 0. The number of rotatable bonds is 0. The molecule has 1 aliphatic heterocycles. The first-order chi connectivity index (χ1) is 3.93. The van der Waals surface area contributed by atoms with Gasteiger partial charge in [0.2, 0.25) is 0 Å². The summed E-state index contributed by atoms with van der Waals surface area (Å²) in [7, 11) is 0. The fourth-order valence-corrected chi connectivity index (χ4v) is 0.524. The van der Waals surface area contributed by atoms with Gasteiger partial charge in [-0.1, -0.05) is 0 Å². The molecule has 2 nitrogen and oxygen atoms in total. The Morgan fingerprint density at radius 1 is 1.38 bits per heavy atom. The Morgan fingerprint density at radius 3 is 2.38 bits per heavy atom. The van der Waals surface area contributed by atoms with E-state index in [-0.39, 0.29) is 5.92 Å². The first-order valence-corrected chi connectivity index (χ1v) is 2.42. The summed E-state index contributed by atoms with van der Waals surface area (Å²) in [5, 5.41) is 11.1. The van der Waals surface area contributed by atoms with Crippen LogP contribution >= 0.6 is 0 Å². The maximum Gasteiger partial charge on any atom is 0.0858 e. The van der Waals surface area contributed by atoms with E-state index in [4.69, 9.17) is 5.26 Å². The normalized spacial score (nSPS) is 17.4. The Balaban J connectivity index is 2.58. The van der Waals surface area contributed by atoms with Gasteiger partial charge in [-0.25, -0.2) is 0 Å². The molecular formula is C6H6N2. The van der Waals surface area contributed by atoms with Crippen molar-refractivity contribution in [2.75, 3.05) is 0 Å². The van der Waals surface area contributed by atoms with Crippen molar-refractivity contribution in [3.63, 3.8) is 0 Å². The van der Waals surface area contributed by atoms with E-state index in [1.54, 1.807) is 24.6 Å². The van der Waals surface area contributed by atoms with Crippen LogP contribution in [-0.2, 0) is 0 Å². The van der Waals surface area contributed by atoms with Gasteiger partial charge < -0.3 is 5.32 Å². The minimum absolute atomic E-state index is 0.0313. The van der Waals surface area contributed by atoms with Crippen LogP contribution in [-0.4, -0.2) is 0 Å². The predicted molar refractivity (Wildman–Crippen MR) is 30.5 cm³/mol. The van der Waals surface area contributed by atoms with Crippen LogP contribution in [0.2, 0.25) is 0 Å². The Bertz CT molecular complexity index is 150. The molecule has 0 spiro atoms. The van der Waals surface area contributed by atoms with Gasteiger partial charge in [-0.05, 0) is 24.6 Å². The van der Waals surface area contributed by atoms with E-state index >= 15 is 0 Å². The van der Waals surface area contributed by atoms with Crippen molar-refractivity contribution in [2.24, 2.45) is 5.92 Å². The van der Waals surface area contributed by atoms with E-state index in [2.05, 4.69) is 11.4 Å². The molecule has 0 bridgehead atoms. The zero-order valence-electron chi connectivity index (χ0n) is 4.33. The van der Waals surface area contributed by atoms with Crippen LogP contribution in [0.5, 0.6) is 0 Å². The monoisotopic (exact) mass is 106 g/mol. The average molecular weight is 106 g/mol. The van der Waals surface area contributed by atoms with Crippen molar-refractivity contribution >= 4 is 0 Å². The number of dihydropyridines is 1. The molecule has 0 saturated heterocycles. The lowest BCUT2D eigenvalue weighted by molar-refractivity contribution is 0.989. The second kappa shape index (κ2) is 2.17. The molecule has 0 aliphatic carbocycles. The molecule has 0 aromatic carbocycles. The van der Waals surface area contributed by atoms with E-state index in [1.807, 2.05) is 0 Å². The summed E-state index contributed by atoms with van der Waals surface area (Å²) in [6, 6.07) is 2.09. The van der Waals surface area contributed by atoms with Crippen LogP contribution in [0.3, 0.4) is 0 Å². The minimum Gasteiger partial charge on any atom is -0.368 e. The first-order valence-electron chi connectivity index (χ1n) is 2.42. The Kier molecular flexibility index (Phi) is 1.34. The van der Waals surface area contributed by atoms with Crippen molar-refractivity contribution in [1.82, 2.24) is 5.32 Å². The minimum atomic E-state index is -0.0313. The van der Waals surface area contributed by atoms with Gasteiger partial charge in [-0.15, -0.1) is 0 Å². The van der Waals surface area contributed by atoms with Gasteiger partial charge in [0.15, 0.2) is 0 Å². The SMILES string of the molecule is N#CC1C=CNC=C1. The molecule has 1 rings (SSSR count). The van der Waals surface area contributed by atoms with Crippen LogP contribution in [0.15, 0.2) is 24.6 Å². The molecule has 40 valence electrons. The number of nitriles is 1. The van der Waals surface area contributed by atoms with Gasteiger partial charge in [-0.2, -0.15) is 5.26 Å².